The monoisotopic (exact) mass is 280 g/mol. The molecular weight excluding hydrogens is 264 g/mol. The first-order chi connectivity index (χ1) is 9.40. The Morgan fingerprint density at radius 2 is 2.20 bits per heavy atom. The lowest BCUT2D eigenvalue weighted by molar-refractivity contribution is -0.131. The Morgan fingerprint density at radius 1 is 1.50 bits per heavy atom. The molecule has 0 saturated heterocycles. The third-order valence-corrected chi connectivity index (χ3v) is 3.31. The van der Waals surface area contributed by atoms with Gasteiger partial charge in [-0.2, -0.15) is 5.10 Å². The van der Waals surface area contributed by atoms with Crippen molar-refractivity contribution in [3.05, 3.63) is 17.0 Å². The fourth-order valence-corrected chi connectivity index (χ4v) is 2.01. The lowest BCUT2D eigenvalue weighted by Gasteiger charge is -2.09. The second-order valence-corrected chi connectivity index (χ2v) is 4.63. The van der Waals surface area contributed by atoms with E-state index < -0.39 is 12.1 Å². The van der Waals surface area contributed by atoms with Crippen LogP contribution in [0.15, 0.2) is 5.16 Å². The molecule has 1 aliphatic heterocycles. The summed E-state index contributed by atoms with van der Waals surface area (Å²) in [4.78, 5) is 27.4. The van der Waals surface area contributed by atoms with Gasteiger partial charge in [-0.1, -0.05) is 5.16 Å². The van der Waals surface area contributed by atoms with Gasteiger partial charge in [0.05, 0.1) is 5.69 Å². The van der Waals surface area contributed by atoms with Crippen molar-refractivity contribution in [1.82, 2.24) is 15.1 Å². The number of carboxylic acids is 1. The fourth-order valence-electron chi connectivity index (χ4n) is 2.01. The van der Waals surface area contributed by atoms with E-state index in [4.69, 9.17) is 9.94 Å². The van der Waals surface area contributed by atoms with E-state index in [0.717, 1.165) is 17.0 Å². The smallest absolute Gasteiger partial charge is 0.353 e. The molecule has 1 atom stereocenters. The highest BCUT2D eigenvalue weighted by molar-refractivity contribution is 6.36. The van der Waals surface area contributed by atoms with Crippen LogP contribution in [-0.2, 0) is 28.0 Å². The molecule has 8 nitrogen and oxygen atoms in total. The van der Waals surface area contributed by atoms with Crippen molar-refractivity contribution in [2.45, 2.75) is 32.9 Å². The van der Waals surface area contributed by atoms with Crippen LogP contribution in [-0.4, -0.2) is 38.6 Å². The van der Waals surface area contributed by atoms with Crippen molar-refractivity contribution < 1.29 is 19.5 Å². The molecule has 0 aliphatic carbocycles. The number of carbonyl (C=O) groups is 2. The largest absolute Gasteiger partial charge is 0.477 e. The summed E-state index contributed by atoms with van der Waals surface area (Å²) in [6.45, 7) is 4.11. The Kier molecular flexibility index (Phi) is 3.73. The van der Waals surface area contributed by atoms with E-state index in [1.54, 1.807) is 4.68 Å². The number of aryl methyl sites for hydroxylation is 2. The summed E-state index contributed by atoms with van der Waals surface area (Å²) in [5.74, 6) is -1.55. The quantitative estimate of drug-likeness (QED) is 0.800. The van der Waals surface area contributed by atoms with E-state index in [0.29, 0.717) is 6.54 Å². The standard InChI is InChI=1S/C12H16N4O4/c1-6-8(7(2)16(3)14-6)5-13-11(17)10-4-9(12(18)19)15-20-10/h10H,4-5H2,1-3H3,(H,13,17)(H,18,19). The summed E-state index contributed by atoms with van der Waals surface area (Å²) in [6.07, 6.45) is -0.898. The van der Waals surface area contributed by atoms with Crippen LogP contribution in [0.2, 0.25) is 0 Å². The van der Waals surface area contributed by atoms with Gasteiger partial charge in [0.25, 0.3) is 5.91 Å². The molecule has 0 radical (unpaired) electrons. The van der Waals surface area contributed by atoms with E-state index in [1.165, 1.54) is 0 Å². The zero-order valence-electron chi connectivity index (χ0n) is 11.5. The van der Waals surface area contributed by atoms with E-state index in [2.05, 4.69) is 15.6 Å². The van der Waals surface area contributed by atoms with Crippen LogP contribution in [0.5, 0.6) is 0 Å². The predicted molar refractivity (Wildman–Crippen MR) is 69.1 cm³/mol. The molecule has 0 aromatic carbocycles. The molecule has 1 aromatic rings. The van der Waals surface area contributed by atoms with Gasteiger partial charge in [-0.3, -0.25) is 9.48 Å². The van der Waals surface area contributed by atoms with Gasteiger partial charge in [0, 0.05) is 31.3 Å². The molecule has 1 amide bonds. The van der Waals surface area contributed by atoms with Crippen molar-refractivity contribution >= 4 is 17.6 Å². The summed E-state index contributed by atoms with van der Waals surface area (Å²) in [6, 6.07) is 0. The number of nitrogens with one attached hydrogen (secondary N) is 1. The second-order valence-electron chi connectivity index (χ2n) is 4.63. The second kappa shape index (κ2) is 5.32. The fraction of sp³-hybridized carbons (Fsp3) is 0.500. The zero-order chi connectivity index (χ0) is 14.9. The van der Waals surface area contributed by atoms with Crippen LogP contribution in [0.25, 0.3) is 0 Å². The normalized spacial score (nSPS) is 17.6. The maximum atomic E-state index is 11.9. The van der Waals surface area contributed by atoms with E-state index in [-0.39, 0.29) is 18.0 Å². The van der Waals surface area contributed by atoms with Gasteiger partial charge in [-0.15, -0.1) is 0 Å². The minimum atomic E-state index is -1.17. The number of rotatable bonds is 4. The molecule has 108 valence electrons. The number of aliphatic carboxylic acids is 1. The number of hydrogen-bond donors (Lipinski definition) is 2. The molecule has 1 aromatic heterocycles. The molecule has 0 fully saturated rings. The summed E-state index contributed by atoms with van der Waals surface area (Å²) < 4.78 is 1.74. The van der Waals surface area contributed by atoms with Crippen molar-refractivity contribution in [2.24, 2.45) is 12.2 Å². The summed E-state index contributed by atoms with van der Waals surface area (Å²) >= 11 is 0. The third kappa shape index (κ3) is 2.63. The lowest BCUT2D eigenvalue weighted by Crippen LogP contribution is -2.35. The van der Waals surface area contributed by atoms with Crippen LogP contribution < -0.4 is 5.32 Å². The number of aromatic nitrogens is 2. The van der Waals surface area contributed by atoms with E-state index in [9.17, 15) is 9.59 Å². The molecule has 1 aliphatic rings. The molecule has 0 spiro atoms. The molecule has 0 saturated carbocycles. The van der Waals surface area contributed by atoms with Gasteiger partial charge in [0.2, 0.25) is 6.10 Å². The topological polar surface area (TPSA) is 106 Å². The van der Waals surface area contributed by atoms with Gasteiger partial charge in [-0.05, 0) is 13.8 Å². The molecular formula is C12H16N4O4. The van der Waals surface area contributed by atoms with Crippen molar-refractivity contribution in [2.75, 3.05) is 0 Å². The van der Waals surface area contributed by atoms with Gasteiger partial charge in [0.1, 0.15) is 0 Å². The third-order valence-electron chi connectivity index (χ3n) is 3.31. The molecule has 1 unspecified atom stereocenters. The van der Waals surface area contributed by atoms with Crippen LogP contribution in [0.4, 0.5) is 0 Å². The van der Waals surface area contributed by atoms with Gasteiger partial charge in [0.15, 0.2) is 5.71 Å². The van der Waals surface area contributed by atoms with Gasteiger partial charge >= 0.3 is 5.97 Å². The van der Waals surface area contributed by atoms with E-state index in [1.807, 2.05) is 20.9 Å². The van der Waals surface area contributed by atoms with Gasteiger partial charge < -0.3 is 15.3 Å². The maximum absolute atomic E-state index is 11.9. The Hall–Kier alpha value is -2.38. The van der Waals surface area contributed by atoms with Crippen molar-refractivity contribution in [3.63, 3.8) is 0 Å². The average Bonchev–Trinajstić information content (AvgIpc) is 2.95. The molecule has 20 heavy (non-hydrogen) atoms. The lowest BCUT2D eigenvalue weighted by atomic mass is 10.1. The number of amides is 1. The van der Waals surface area contributed by atoms with Crippen LogP contribution in [0.1, 0.15) is 23.4 Å². The Balaban J connectivity index is 1.92. The number of hydrogen-bond acceptors (Lipinski definition) is 5. The number of carboxylic acid groups (broad SMARTS) is 1. The molecule has 0 bridgehead atoms. The summed E-state index contributed by atoms with van der Waals surface area (Å²) in [7, 11) is 1.83. The highest BCUT2D eigenvalue weighted by Gasteiger charge is 2.31. The molecule has 2 rings (SSSR count). The molecule has 2 heterocycles. The molecule has 8 heteroatoms. The Labute approximate surface area is 115 Å². The molecule has 2 N–H and O–H groups in total. The van der Waals surface area contributed by atoms with Crippen molar-refractivity contribution in [3.8, 4) is 0 Å². The highest BCUT2D eigenvalue weighted by Crippen LogP contribution is 2.13. The number of carbonyl (C=O) groups excluding carboxylic acids is 1. The minimum Gasteiger partial charge on any atom is -0.477 e. The van der Waals surface area contributed by atoms with Crippen molar-refractivity contribution in [1.29, 1.82) is 0 Å². The number of oxime groups is 1. The first-order valence-corrected chi connectivity index (χ1v) is 6.13. The maximum Gasteiger partial charge on any atom is 0.353 e. The van der Waals surface area contributed by atoms with Crippen LogP contribution in [0.3, 0.4) is 0 Å². The van der Waals surface area contributed by atoms with E-state index >= 15 is 0 Å². The van der Waals surface area contributed by atoms with Gasteiger partial charge in [-0.25, -0.2) is 4.79 Å². The number of nitrogens with zero attached hydrogens (tertiary/aromatic N) is 3. The summed E-state index contributed by atoms with van der Waals surface area (Å²) in [5.41, 5.74) is 2.62. The first-order valence-electron chi connectivity index (χ1n) is 6.13. The average molecular weight is 280 g/mol. The Bertz CT molecular complexity index is 591. The summed E-state index contributed by atoms with van der Waals surface area (Å²) in [5, 5.41) is 19.1. The van der Waals surface area contributed by atoms with Crippen LogP contribution >= 0.6 is 0 Å². The predicted octanol–water partition coefficient (Wildman–Crippen LogP) is -0.117. The van der Waals surface area contributed by atoms with Crippen LogP contribution in [0, 0.1) is 13.8 Å². The first kappa shape index (κ1) is 14.0. The SMILES string of the molecule is Cc1nn(C)c(C)c1CNC(=O)C1CC(C(=O)O)=NO1. The highest BCUT2D eigenvalue weighted by atomic mass is 16.6. The Morgan fingerprint density at radius 3 is 2.70 bits per heavy atom. The zero-order valence-corrected chi connectivity index (χ0v) is 11.5. The minimum absolute atomic E-state index is 0.0217.